The molecular weight excluding hydrogens is 432 g/mol. The van der Waals surface area contributed by atoms with Gasteiger partial charge < -0.3 is 26.0 Å². The van der Waals surface area contributed by atoms with Gasteiger partial charge in [-0.3, -0.25) is 9.48 Å². The van der Waals surface area contributed by atoms with Crippen molar-refractivity contribution in [1.29, 1.82) is 0 Å². The molecule has 0 aliphatic carbocycles. The molecule has 1 amide bonds. The second kappa shape index (κ2) is 8.94. The topological polar surface area (TPSA) is 123 Å². The lowest BCUT2D eigenvalue weighted by Crippen LogP contribution is -2.26. The van der Waals surface area contributed by atoms with Crippen LogP contribution in [0.2, 0.25) is 0 Å². The molecule has 4 N–H and O–H groups in total. The quantitative estimate of drug-likeness (QED) is 0.508. The van der Waals surface area contributed by atoms with Crippen molar-refractivity contribution in [1.82, 2.24) is 24.6 Å². The van der Waals surface area contributed by atoms with Gasteiger partial charge in [0.1, 0.15) is 17.1 Å². The summed E-state index contributed by atoms with van der Waals surface area (Å²) in [4.78, 5) is 23.2. The number of rotatable bonds is 6. The number of carbonyl (C=O) groups is 1. The highest BCUT2D eigenvalue weighted by atomic mass is 16.5. The summed E-state index contributed by atoms with van der Waals surface area (Å²) < 4.78 is 7.48. The van der Waals surface area contributed by atoms with E-state index in [0.717, 1.165) is 30.8 Å². The van der Waals surface area contributed by atoms with Crippen molar-refractivity contribution in [3.8, 4) is 5.75 Å². The first kappa shape index (κ1) is 23.5. The molecular formula is C24H32N8O2. The highest BCUT2D eigenvalue weighted by molar-refractivity contribution is 5.98. The Kier molecular flexibility index (Phi) is 6.18. The predicted molar refractivity (Wildman–Crippen MR) is 132 cm³/mol. The van der Waals surface area contributed by atoms with Crippen LogP contribution in [0.4, 0.5) is 23.3 Å². The van der Waals surface area contributed by atoms with Gasteiger partial charge in [-0.25, -0.2) is 4.98 Å². The van der Waals surface area contributed by atoms with Gasteiger partial charge in [0.2, 0.25) is 5.95 Å². The Morgan fingerprint density at radius 1 is 1.18 bits per heavy atom. The standard InChI is InChI=1S/C24H32N8O2/c1-14-12-32(24(2,3)4)30-21(14)28-22-17(20(25)33)11-26-23(29-22)27-18-9-16-13-31(5)8-7-15(16)10-19(18)34-6/h9-12H,7-8,13H2,1-6H3,(H2,25,33)(H2,26,27,28,29,30). The molecule has 0 saturated carbocycles. The molecule has 1 aliphatic heterocycles. The van der Waals surface area contributed by atoms with Crippen LogP contribution in [-0.2, 0) is 18.5 Å². The van der Waals surface area contributed by atoms with Crippen LogP contribution in [0.5, 0.6) is 5.75 Å². The number of nitrogens with two attached hydrogens (primary N) is 1. The Bertz CT molecular complexity index is 1230. The van der Waals surface area contributed by atoms with Crippen molar-refractivity contribution in [3.63, 3.8) is 0 Å². The zero-order chi connectivity index (χ0) is 24.6. The van der Waals surface area contributed by atoms with Gasteiger partial charge in [-0.15, -0.1) is 0 Å². The molecule has 0 fully saturated rings. The number of hydrogen-bond donors (Lipinski definition) is 3. The molecule has 0 radical (unpaired) electrons. The van der Waals surface area contributed by atoms with E-state index in [-0.39, 0.29) is 16.9 Å². The second-order valence-electron chi connectivity index (χ2n) is 9.66. The van der Waals surface area contributed by atoms with Gasteiger partial charge in [0, 0.05) is 31.0 Å². The molecule has 1 aromatic carbocycles. The molecule has 0 atom stereocenters. The summed E-state index contributed by atoms with van der Waals surface area (Å²) in [6.45, 7) is 10.0. The predicted octanol–water partition coefficient (Wildman–Crippen LogP) is 3.32. The van der Waals surface area contributed by atoms with Gasteiger partial charge in [0.05, 0.1) is 18.3 Å². The maximum atomic E-state index is 12.1. The number of anilines is 4. The van der Waals surface area contributed by atoms with Gasteiger partial charge >= 0.3 is 0 Å². The van der Waals surface area contributed by atoms with Gasteiger partial charge in [0.25, 0.3) is 5.91 Å². The molecule has 0 bridgehead atoms. The molecule has 2 aromatic heterocycles. The number of methoxy groups -OCH3 is 1. The van der Waals surface area contributed by atoms with Crippen molar-refractivity contribution in [3.05, 3.63) is 46.8 Å². The molecule has 10 nitrogen and oxygen atoms in total. The largest absolute Gasteiger partial charge is 0.495 e. The number of carbonyl (C=O) groups excluding carboxylic acids is 1. The van der Waals surface area contributed by atoms with Gasteiger partial charge in [-0.2, -0.15) is 10.1 Å². The van der Waals surface area contributed by atoms with E-state index in [4.69, 9.17) is 10.5 Å². The number of aromatic nitrogens is 4. The number of likely N-dealkylation sites (N-methyl/N-ethyl adjacent to an activating group) is 1. The normalized spacial score (nSPS) is 13.9. The fraction of sp³-hybridized carbons (Fsp3) is 0.417. The average Bonchev–Trinajstić information content (AvgIpc) is 3.14. The van der Waals surface area contributed by atoms with Gasteiger partial charge in [-0.1, -0.05) is 0 Å². The summed E-state index contributed by atoms with van der Waals surface area (Å²) in [5.74, 6) is 1.26. The summed E-state index contributed by atoms with van der Waals surface area (Å²) in [6, 6.07) is 4.13. The van der Waals surface area contributed by atoms with E-state index in [1.54, 1.807) is 7.11 Å². The summed E-state index contributed by atoms with van der Waals surface area (Å²) >= 11 is 0. The zero-order valence-corrected chi connectivity index (χ0v) is 20.6. The number of hydrogen-bond acceptors (Lipinski definition) is 8. The van der Waals surface area contributed by atoms with E-state index in [9.17, 15) is 4.79 Å². The smallest absolute Gasteiger partial charge is 0.254 e. The number of amides is 1. The molecule has 0 spiro atoms. The highest BCUT2D eigenvalue weighted by Crippen LogP contribution is 2.33. The van der Waals surface area contributed by atoms with Crippen LogP contribution in [-0.4, -0.2) is 51.3 Å². The Hall–Kier alpha value is -3.66. The van der Waals surface area contributed by atoms with Crippen molar-refractivity contribution in [2.75, 3.05) is 31.3 Å². The number of aryl methyl sites for hydroxylation is 1. The van der Waals surface area contributed by atoms with Crippen LogP contribution in [0.25, 0.3) is 0 Å². The minimum absolute atomic E-state index is 0.175. The van der Waals surface area contributed by atoms with Crippen LogP contribution < -0.4 is 21.1 Å². The third kappa shape index (κ3) is 4.81. The Morgan fingerprint density at radius 2 is 1.94 bits per heavy atom. The van der Waals surface area contributed by atoms with E-state index < -0.39 is 5.91 Å². The second-order valence-corrected chi connectivity index (χ2v) is 9.66. The lowest BCUT2D eigenvalue weighted by atomic mass is 9.99. The minimum Gasteiger partial charge on any atom is -0.495 e. The first-order valence-electron chi connectivity index (χ1n) is 11.2. The molecule has 0 saturated heterocycles. The zero-order valence-electron chi connectivity index (χ0n) is 20.6. The molecule has 3 aromatic rings. The van der Waals surface area contributed by atoms with E-state index in [1.807, 2.05) is 17.8 Å². The summed E-state index contributed by atoms with van der Waals surface area (Å²) in [6.07, 6.45) is 4.33. The first-order chi connectivity index (χ1) is 16.0. The number of benzene rings is 1. The fourth-order valence-electron chi connectivity index (χ4n) is 3.87. The van der Waals surface area contributed by atoms with Crippen LogP contribution >= 0.6 is 0 Å². The van der Waals surface area contributed by atoms with Crippen LogP contribution in [0.1, 0.15) is 47.8 Å². The van der Waals surface area contributed by atoms with Gasteiger partial charge in [-0.05, 0) is 64.4 Å². The third-order valence-corrected chi connectivity index (χ3v) is 5.85. The van der Waals surface area contributed by atoms with Crippen LogP contribution in [0.3, 0.4) is 0 Å². The number of primary amides is 1. The van der Waals surface area contributed by atoms with E-state index in [2.05, 4.69) is 70.6 Å². The molecule has 10 heteroatoms. The first-order valence-corrected chi connectivity index (χ1v) is 11.2. The Morgan fingerprint density at radius 3 is 2.59 bits per heavy atom. The molecule has 180 valence electrons. The molecule has 3 heterocycles. The highest BCUT2D eigenvalue weighted by Gasteiger charge is 2.21. The Balaban J connectivity index is 1.68. The Labute approximate surface area is 199 Å². The van der Waals surface area contributed by atoms with E-state index in [0.29, 0.717) is 17.5 Å². The summed E-state index contributed by atoms with van der Waals surface area (Å²) in [5.41, 5.74) is 9.75. The van der Waals surface area contributed by atoms with Crippen molar-refractivity contribution >= 4 is 29.2 Å². The number of nitrogens with one attached hydrogen (secondary N) is 2. The third-order valence-electron chi connectivity index (χ3n) is 5.85. The fourth-order valence-corrected chi connectivity index (χ4v) is 3.87. The van der Waals surface area contributed by atoms with E-state index >= 15 is 0 Å². The van der Waals surface area contributed by atoms with E-state index in [1.165, 1.54) is 17.3 Å². The number of ether oxygens (including phenoxy) is 1. The summed E-state index contributed by atoms with van der Waals surface area (Å²) in [7, 11) is 3.74. The summed E-state index contributed by atoms with van der Waals surface area (Å²) in [5, 5.41) is 11.0. The number of fused-ring (bicyclic) bond motifs is 1. The van der Waals surface area contributed by atoms with Crippen molar-refractivity contribution in [2.24, 2.45) is 5.73 Å². The number of nitrogens with zero attached hydrogens (tertiary/aromatic N) is 5. The van der Waals surface area contributed by atoms with Crippen molar-refractivity contribution in [2.45, 2.75) is 46.2 Å². The maximum Gasteiger partial charge on any atom is 0.254 e. The average molecular weight is 465 g/mol. The SMILES string of the molecule is COc1cc2c(cc1Nc1ncc(C(N)=O)c(Nc3nn(C(C)(C)C)cc3C)n1)CN(C)CC2. The minimum atomic E-state index is -0.628. The maximum absolute atomic E-state index is 12.1. The van der Waals surface area contributed by atoms with Crippen molar-refractivity contribution < 1.29 is 9.53 Å². The molecule has 4 rings (SSSR count). The molecule has 34 heavy (non-hydrogen) atoms. The molecule has 0 unspecified atom stereocenters. The molecule has 1 aliphatic rings. The van der Waals surface area contributed by atoms with Gasteiger partial charge in [0.15, 0.2) is 5.82 Å². The van der Waals surface area contributed by atoms with Crippen LogP contribution in [0, 0.1) is 6.92 Å². The lowest BCUT2D eigenvalue weighted by molar-refractivity contribution is 0.100. The monoisotopic (exact) mass is 464 g/mol. The lowest BCUT2D eigenvalue weighted by Gasteiger charge is -2.26. The van der Waals surface area contributed by atoms with Crippen LogP contribution in [0.15, 0.2) is 24.5 Å².